The van der Waals surface area contributed by atoms with Crippen molar-refractivity contribution in [2.24, 2.45) is 0 Å². The van der Waals surface area contributed by atoms with Gasteiger partial charge in [-0.2, -0.15) is 4.98 Å². The van der Waals surface area contributed by atoms with E-state index in [1.807, 2.05) is 49.1 Å². The van der Waals surface area contributed by atoms with E-state index in [0.717, 1.165) is 17.2 Å². The van der Waals surface area contributed by atoms with Crippen LogP contribution >= 0.6 is 0 Å². The summed E-state index contributed by atoms with van der Waals surface area (Å²) in [5, 5.41) is 3.28. The molecule has 4 aromatic rings. The lowest BCUT2D eigenvalue weighted by Gasteiger charge is -2.35. The Morgan fingerprint density at radius 2 is 1.59 bits per heavy atom. The van der Waals surface area contributed by atoms with E-state index in [2.05, 4.69) is 15.2 Å². The number of hydrogen-bond donors (Lipinski definition) is 1. The van der Waals surface area contributed by atoms with Crippen molar-refractivity contribution < 1.29 is 13.9 Å². The topological polar surface area (TPSA) is 70.6 Å². The lowest BCUT2D eigenvalue weighted by atomic mass is 10.1. The second-order valence-electron chi connectivity index (χ2n) is 9.05. The Kier molecular flexibility index (Phi) is 6.98. The first-order valence-electron chi connectivity index (χ1n) is 12.2. The maximum absolute atomic E-state index is 13.2. The van der Waals surface area contributed by atoms with Crippen LogP contribution in [0.4, 0.5) is 21.8 Å². The number of ether oxygens (including phenoxy) is 1. The van der Waals surface area contributed by atoms with Crippen molar-refractivity contribution in [1.82, 2.24) is 14.9 Å². The average Bonchev–Trinajstić information content (AvgIpc) is 2.91. The van der Waals surface area contributed by atoms with Crippen molar-refractivity contribution in [2.45, 2.75) is 13.8 Å². The average molecular weight is 498 g/mol. The van der Waals surface area contributed by atoms with Crippen molar-refractivity contribution in [3.05, 3.63) is 102 Å². The molecule has 1 amide bonds. The van der Waals surface area contributed by atoms with Crippen LogP contribution in [0.2, 0.25) is 0 Å². The van der Waals surface area contributed by atoms with Crippen LogP contribution in [0, 0.1) is 19.7 Å². The number of rotatable bonds is 6. The fraction of sp³-hybridized carbons (Fsp3) is 0.207. The summed E-state index contributed by atoms with van der Waals surface area (Å²) in [5.74, 6) is 2.05. The maximum atomic E-state index is 13.2. The molecule has 188 valence electrons. The summed E-state index contributed by atoms with van der Waals surface area (Å²) in [7, 11) is 0. The second kappa shape index (κ2) is 10.7. The van der Waals surface area contributed by atoms with Gasteiger partial charge in [0, 0.05) is 49.2 Å². The number of carbonyl (C=O) groups excluding carboxylic acids is 1. The normalized spacial score (nSPS) is 13.4. The second-order valence-corrected chi connectivity index (χ2v) is 9.05. The molecule has 37 heavy (non-hydrogen) atoms. The van der Waals surface area contributed by atoms with E-state index in [1.54, 1.807) is 36.4 Å². The van der Waals surface area contributed by atoms with Gasteiger partial charge in [0.25, 0.3) is 5.91 Å². The maximum Gasteiger partial charge on any atom is 0.254 e. The fourth-order valence-corrected chi connectivity index (χ4v) is 4.19. The quantitative estimate of drug-likeness (QED) is 0.367. The molecule has 0 aliphatic carbocycles. The van der Waals surface area contributed by atoms with Gasteiger partial charge in [-0.1, -0.05) is 23.8 Å². The van der Waals surface area contributed by atoms with E-state index in [1.165, 1.54) is 17.7 Å². The van der Waals surface area contributed by atoms with Gasteiger partial charge in [0.05, 0.1) is 0 Å². The number of piperazine rings is 1. The zero-order valence-electron chi connectivity index (χ0n) is 20.8. The molecule has 7 nitrogen and oxygen atoms in total. The Morgan fingerprint density at radius 3 is 2.32 bits per heavy atom. The van der Waals surface area contributed by atoms with Gasteiger partial charge >= 0.3 is 0 Å². The monoisotopic (exact) mass is 497 g/mol. The van der Waals surface area contributed by atoms with Crippen LogP contribution in [-0.2, 0) is 0 Å². The molecule has 1 N–H and O–H groups in total. The molecular formula is C29H28FN5O2. The number of benzene rings is 3. The molecule has 0 bridgehead atoms. The lowest BCUT2D eigenvalue weighted by Crippen LogP contribution is -2.49. The van der Waals surface area contributed by atoms with Crippen LogP contribution in [0.25, 0.3) is 0 Å². The minimum Gasteiger partial charge on any atom is -0.457 e. The van der Waals surface area contributed by atoms with E-state index in [-0.39, 0.29) is 11.7 Å². The van der Waals surface area contributed by atoms with Crippen molar-refractivity contribution in [3.8, 4) is 11.5 Å². The number of nitrogens with one attached hydrogen (secondary N) is 1. The molecule has 0 spiro atoms. The SMILES string of the molecule is Cc1ccc(Nc2nc(C)cc(N3CCN(C(=O)c4cccc(Oc5ccc(F)cc5)c4)CC3)n2)cc1. The number of amides is 1. The summed E-state index contributed by atoms with van der Waals surface area (Å²) in [6.45, 7) is 6.48. The third kappa shape index (κ3) is 6.03. The van der Waals surface area contributed by atoms with Gasteiger partial charge in [-0.25, -0.2) is 9.37 Å². The van der Waals surface area contributed by atoms with Gasteiger partial charge in [0.1, 0.15) is 23.1 Å². The molecule has 5 rings (SSSR count). The third-order valence-corrected chi connectivity index (χ3v) is 6.17. The number of nitrogens with zero attached hydrogens (tertiary/aromatic N) is 4. The molecule has 1 aliphatic heterocycles. The standard InChI is InChI=1S/C29H28FN5O2/c1-20-6-10-24(11-7-20)32-29-31-21(2)18-27(33-29)34-14-16-35(17-15-34)28(36)22-4-3-5-26(19-22)37-25-12-8-23(30)9-13-25/h3-13,18-19H,14-17H2,1-2H3,(H,31,32,33). The van der Waals surface area contributed by atoms with Gasteiger partial charge in [-0.3, -0.25) is 4.79 Å². The Labute approximate surface area is 215 Å². The smallest absolute Gasteiger partial charge is 0.254 e. The molecule has 3 aromatic carbocycles. The molecule has 0 radical (unpaired) electrons. The first kappa shape index (κ1) is 24.2. The largest absolute Gasteiger partial charge is 0.457 e. The highest BCUT2D eigenvalue weighted by Gasteiger charge is 2.24. The van der Waals surface area contributed by atoms with E-state index in [4.69, 9.17) is 9.72 Å². The Balaban J connectivity index is 1.22. The van der Waals surface area contributed by atoms with Crippen LogP contribution < -0.4 is 15.0 Å². The molecule has 1 aliphatic rings. The van der Waals surface area contributed by atoms with Crippen LogP contribution in [0.5, 0.6) is 11.5 Å². The predicted octanol–water partition coefficient (Wildman–Crippen LogP) is 5.73. The Morgan fingerprint density at radius 1 is 0.865 bits per heavy atom. The zero-order valence-corrected chi connectivity index (χ0v) is 20.8. The van der Waals surface area contributed by atoms with Crippen LogP contribution in [-0.4, -0.2) is 47.0 Å². The number of hydrogen-bond acceptors (Lipinski definition) is 6. The number of aromatic nitrogens is 2. The molecule has 1 saturated heterocycles. The van der Waals surface area contributed by atoms with E-state index in [9.17, 15) is 9.18 Å². The van der Waals surface area contributed by atoms with Gasteiger partial charge in [-0.05, 0) is 68.4 Å². The van der Waals surface area contributed by atoms with Gasteiger partial charge < -0.3 is 19.9 Å². The summed E-state index contributed by atoms with van der Waals surface area (Å²) < 4.78 is 18.9. The van der Waals surface area contributed by atoms with Gasteiger partial charge in [-0.15, -0.1) is 0 Å². The highest BCUT2D eigenvalue weighted by molar-refractivity contribution is 5.94. The van der Waals surface area contributed by atoms with Gasteiger partial charge in [0.15, 0.2) is 0 Å². The molecule has 2 heterocycles. The van der Waals surface area contributed by atoms with Crippen LogP contribution in [0.1, 0.15) is 21.6 Å². The molecule has 0 saturated carbocycles. The van der Waals surface area contributed by atoms with Crippen LogP contribution in [0.3, 0.4) is 0 Å². The number of halogens is 1. The lowest BCUT2D eigenvalue weighted by molar-refractivity contribution is 0.0746. The van der Waals surface area contributed by atoms with Crippen LogP contribution in [0.15, 0.2) is 78.9 Å². The summed E-state index contributed by atoms with van der Waals surface area (Å²) in [6, 6.07) is 22.9. The van der Waals surface area contributed by atoms with E-state index < -0.39 is 0 Å². The van der Waals surface area contributed by atoms with Crippen molar-refractivity contribution in [3.63, 3.8) is 0 Å². The van der Waals surface area contributed by atoms with Crippen molar-refractivity contribution in [1.29, 1.82) is 0 Å². The zero-order chi connectivity index (χ0) is 25.8. The molecule has 8 heteroatoms. The predicted molar refractivity (Wildman–Crippen MR) is 142 cm³/mol. The summed E-state index contributed by atoms with van der Waals surface area (Å²) in [4.78, 5) is 26.5. The van der Waals surface area contributed by atoms with Crippen molar-refractivity contribution >= 4 is 23.4 Å². The minimum atomic E-state index is -0.327. The Bertz CT molecular complexity index is 1380. The molecule has 1 fully saturated rings. The summed E-state index contributed by atoms with van der Waals surface area (Å²) in [6.07, 6.45) is 0. The van der Waals surface area contributed by atoms with E-state index in [0.29, 0.717) is 49.2 Å². The first-order valence-corrected chi connectivity index (χ1v) is 12.2. The fourth-order valence-electron chi connectivity index (χ4n) is 4.19. The first-order chi connectivity index (χ1) is 17.9. The minimum absolute atomic E-state index is 0.0511. The number of carbonyl (C=O) groups is 1. The summed E-state index contributed by atoms with van der Waals surface area (Å²) in [5.41, 5.74) is 3.55. The molecular weight excluding hydrogens is 469 g/mol. The highest BCUT2D eigenvalue weighted by atomic mass is 19.1. The number of anilines is 3. The van der Waals surface area contributed by atoms with Crippen molar-refractivity contribution in [2.75, 3.05) is 36.4 Å². The molecule has 0 atom stereocenters. The highest BCUT2D eigenvalue weighted by Crippen LogP contribution is 2.24. The van der Waals surface area contributed by atoms with E-state index >= 15 is 0 Å². The Hall–Kier alpha value is -4.46. The molecule has 0 unspecified atom stereocenters. The number of aryl methyl sites for hydroxylation is 2. The summed E-state index contributed by atoms with van der Waals surface area (Å²) >= 11 is 0. The third-order valence-electron chi connectivity index (χ3n) is 6.17. The molecule has 1 aromatic heterocycles. The van der Waals surface area contributed by atoms with Gasteiger partial charge in [0.2, 0.25) is 5.95 Å².